The van der Waals surface area contributed by atoms with Gasteiger partial charge in [-0.15, -0.1) is 0 Å². The average molecular weight is 223 g/mol. The van der Waals surface area contributed by atoms with Crippen molar-refractivity contribution in [3.05, 3.63) is 29.6 Å². The van der Waals surface area contributed by atoms with E-state index in [1.165, 1.54) is 31.4 Å². The standard InChI is InChI=1S/C13H18FNO/c1-9-2-4-11(6-9)15-8-10-3-5-13(16)12(14)7-10/h3,5,7,9,11,15-16H,2,4,6,8H2,1H3. The summed E-state index contributed by atoms with van der Waals surface area (Å²) in [6.07, 6.45) is 3.70. The molecule has 88 valence electrons. The molecule has 0 saturated heterocycles. The lowest BCUT2D eigenvalue weighted by Crippen LogP contribution is -2.25. The van der Waals surface area contributed by atoms with E-state index in [0.717, 1.165) is 11.5 Å². The van der Waals surface area contributed by atoms with Crippen LogP contribution in [-0.4, -0.2) is 11.1 Å². The Bertz CT molecular complexity index is 367. The lowest BCUT2D eigenvalue weighted by molar-refractivity contribution is 0.431. The van der Waals surface area contributed by atoms with Gasteiger partial charge in [-0.05, 0) is 42.9 Å². The largest absolute Gasteiger partial charge is 0.505 e. The van der Waals surface area contributed by atoms with E-state index < -0.39 is 5.82 Å². The van der Waals surface area contributed by atoms with Crippen LogP contribution in [-0.2, 0) is 6.54 Å². The van der Waals surface area contributed by atoms with Crippen LogP contribution in [0.25, 0.3) is 0 Å². The molecule has 0 spiro atoms. The van der Waals surface area contributed by atoms with E-state index in [0.29, 0.717) is 12.6 Å². The molecule has 0 aromatic heterocycles. The Kier molecular flexibility index (Phi) is 3.44. The first-order valence-electron chi connectivity index (χ1n) is 5.86. The van der Waals surface area contributed by atoms with Crippen molar-refractivity contribution in [2.24, 2.45) is 5.92 Å². The van der Waals surface area contributed by atoms with Crippen LogP contribution in [0.5, 0.6) is 5.75 Å². The molecule has 2 N–H and O–H groups in total. The number of hydrogen-bond donors (Lipinski definition) is 2. The second-order valence-corrected chi connectivity index (χ2v) is 4.78. The monoisotopic (exact) mass is 223 g/mol. The number of halogens is 1. The van der Waals surface area contributed by atoms with Gasteiger partial charge >= 0.3 is 0 Å². The first kappa shape index (κ1) is 11.4. The first-order valence-corrected chi connectivity index (χ1v) is 5.86. The van der Waals surface area contributed by atoms with Gasteiger partial charge in [0.1, 0.15) is 0 Å². The molecule has 1 fully saturated rings. The van der Waals surface area contributed by atoms with Gasteiger partial charge < -0.3 is 10.4 Å². The number of nitrogens with one attached hydrogen (secondary N) is 1. The fourth-order valence-corrected chi connectivity index (χ4v) is 2.32. The maximum atomic E-state index is 13.1. The summed E-state index contributed by atoms with van der Waals surface area (Å²) in [7, 11) is 0. The lowest BCUT2D eigenvalue weighted by atomic mass is 10.1. The van der Waals surface area contributed by atoms with Crippen LogP contribution in [0.3, 0.4) is 0 Å². The summed E-state index contributed by atoms with van der Waals surface area (Å²) in [5.74, 6) is -0.0219. The van der Waals surface area contributed by atoms with Crippen molar-refractivity contribution in [3.63, 3.8) is 0 Å². The zero-order valence-corrected chi connectivity index (χ0v) is 9.54. The molecular formula is C13H18FNO. The Hall–Kier alpha value is -1.09. The van der Waals surface area contributed by atoms with E-state index in [1.54, 1.807) is 6.07 Å². The van der Waals surface area contributed by atoms with Crippen molar-refractivity contribution in [1.29, 1.82) is 0 Å². The van der Waals surface area contributed by atoms with Gasteiger partial charge in [0.05, 0.1) is 0 Å². The Morgan fingerprint density at radius 1 is 1.44 bits per heavy atom. The van der Waals surface area contributed by atoms with Crippen LogP contribution in [0.4, 0.5) is 4.39 Å². The third kappa shape index (κ3) is 2.73. The zero-order chi connectivity index (χ0) is 11.5. The number of benzene rings is 1. The van der Waals surface area contributed by atoms with Crippen LogP contribution in [0, 0.1) is 11.7 Å². The van der Waals surface area contributed by atoms with Crippen LogP contribution in [0.15, 0.2) is 18.2 Å². The van der Waals surface area contributed by atoms with Gasteiger partial charge in [-0.3, -0.25) is 0 Å². The normalized spacial score (nSPS) is 24.9. The minimum absolute atomic E-state index is 0.279. The smallest absolute Gasteiger partial charge is 0.165 e. The van der Waals surface area contributed by atoms with Crippen LogP contribution < -0.4 is 5.32 Å². The highest BCUT2D eigenvalue weighted by Crippen LogP contribution is 2.25. The summed E-state index contributed by atoms with van der Waals surface area (Å²) < 4.78 is 13.1. The summed E-state index contributed by atoms with van der Waals surface area (Å²) in [5.41, 5.74) is 0.884. The minimum atomic E-state index is -0.543. The van der Waals surface area contributed by atoms with Gasteiger partial charge in [0, 0.05) is 12.6 Å². The molecule has 0 aliphatic heterocycles. The third-order valence-corrected chi connectivity index (χ3v) is 3.30. The van der Waals surface area contributed by atoms with Crippen molar-refractivity contribution in [2.45, 2.75) is 38.8 Å². The molecule has 1 aliphatic rings. The van der Waals surface area contributed by atoms with Crippen LogP contribution in [0.2, 0.25) is 0 Å². The quantitative estimate of drug-likeness (QED) is 0.825. The van der Waals surface area contributed by atoms with E-state index in [-0.39, 0.29) is 5.75 Å². The minimum Gasteiger partial charge on any atom is -0.505 e. The van der Waals surface area contributed by atoms with Gasteiger partial charge in [0.2, 0.25) is 0 Å². The fraction of sp³-hybridized carbons (Fsp3) is 0.538. The molecular weight excluding hydrogens is 205 g/mol. The predicted octanol–water partition coefficient (Wildman–Crippen LogP) is 2.81. The highest BCUT2D eigenvalue weighted by Gasteiger charge is 2.20. The maximum Gasteiger partial charge on any atom is 0.165 e. The molecule has 1 aliphatic carbocycles. The molecule has 1 aromatic rings. The number of aromatic hydroxyl groups is 1. The average Bonchev–Trinajstić information content (AvgIpc) is 2.66. The van der Waals surface area contributed by atoms with E-state index in [1.807, 2.05) is 0 Å². The summed E-state index contributed by atoms with van der Waals surface area (Å²) >= 11 is 0. The van der Waals surface area contributed by atoms with E-state index in [9.17, 15) is 4.39 Å². The summed E-state index contributed by atoms with van der Waals surface area (Å²) in [6.45, 7) is 2.94. The van der Waals surface area contributed by atoms with Gasteiger partial charge in [0.15, 0.2) is 11.6 Å². The lowest BCUT2D eigenvalue weighted by Gasteiger charge is -2.12. The predicted molar refractivity (Wildman–Crippen MR) is 61.7 cm³/mol. The molecule has 0 heterocycles. The molecule has 0 radical (unpaired) electrons. The molecule has 1 saturated carbocycles. The van der Waals surface area contributed by atoms with Gasteiger partial charge in [-0.25, -0.2) is 4.39 Å². The van der Waals surface area contributed by atoms with Gasteiger partial charge in [-0.2, -0.15) is 0 Å². The molecule has 2 nitrogen and oxygen atoms in total. The SMILES string of the molecule is CC1CCC(NCc2ccc(O)c(F)c2)C1. The first-order chi connectivity index (χ1) is 7.65. The second-order valence-electron chi connectivity index (χ2n) is 4.78. The summed E-state index contributed by atoms with van der Waals surface area (Å²) in [6, 6.07) is 5.11. The Morgan fingerprint density at radius 3 is 2.88 bits per heavy atom. The Morgan fingerprint density at radius 2 is 2.25 bits per heavy atom. The van der Waals surface area contributed by atoms with Gasteiger partial charge in [0.25, 0.3) is 0 Å². The highest BCUT2D eigenvalue weighted by atomic mass is 19.1. The van der Waals surface area contributed by atoms with E-state index >= 15 is 0 Å². The number of rotatable bonds is 3. The van der Waals surface area contributed by atoms with Crippen molar-refractivity contribution in [1.82, 2.24) is 5.32 Å². The van der Waals surface area contributed by atoms with Crippen molar-refractivity contribution >= 4 is 0 Å². The molecule has 1 aromatic carbocycles. The molecule has 16 heavy (non-hydrogen) atoms. The molecule has 3 heteroatoms. The number of phenols is 1. The van der Waals surface area contributed by atoms with E-state index in [4.69, 9.17) is 5.11 Å². The molecule has 0 amide bonds. The number of phenolic OH excluding ortho intramolecular Hbond substituents is 1. The molecule has 2 unspecified atom stereocenters. The summed E-state index contributed by atoms with van der Waals surface area (Å²) in [5, 5.41) is 12.5. The maximum absolute atomic E-state index is 13.1. The zero-order valence-electron chi connectivity index (χ0n) is 9.54. The van der Waals surface area contributed by atoms with Crippen LogP contribution in [0.1, 0.15) is 31.7 Å². The molecule has 0 bridgehead atoms. The van der Waals surface area contributed by atoms with Crippen molar-refractivity contribution in [2.75, 3.05) is 0 Å². The third-order valence-electron chi connectivity index (χ3n) is 3.30. The second kappa shape index (κ2) is 4.83. The number of hydrogen-bond acceptors (Lipinski definition) is 2. The topological polar surface area (TPSA) is 32.3 Å². The fourth-order valence-electron chi connectivity index (χ4n) is 2.32. The Labute approximate surface area is 95.5 Å². The van der Waals surface area contributed by atoms with Gasteiger partial charge in [-0.1, -0.05) is 13.0 Å². The molecule has 2 rings (SSSR count). The Balaban J connectivity index is 1.87. The van der Waals surface area contributed by atoms with Crippen molar-refractivity contribution in [3.8, 4) is 5.75 Å². The van der Waals surface area contributed by atoms with E-state index in [2.05, 4.69) is 12.2 Å². The molecule has 2 atom stereocenters. The summed E-state index contributed by atoms with van der Waals surface area (Å²) in [4.78, 5) is 0. The van der Waals surface area contributed by atoms with Crippen molar-refractivity contribution < 1.29 is 9.50 Å². The van der Waals surface area contributed by atoms with Crippen LogP contribution >= 0.6 is 0 Å². The highest BCUT2D eigenvalue weighted by molar-refractivity contribution is 5.27.